The molecule has 0 radical (unpaired) electrons. The Morgan fingerprint density at radius 2 is 1.67 bits per heavy atom. The van der Waals surface area contributed by atoms with Gasteiger partial charge in [-0.15, -0.1) is 0 Å². The van der Waals surface area contributed by atoms with Crippen molar-refractivity contribution < 1.29 is 13.2 Å². The third-order valence-electron chi connectivity index (χ3n) is 2.00. The summed E-state index contributed by atoms with van der Waals surface area (Å²) >= 11 is 0. The van der Waals surface area contributed by atoms with E-state index in [4.69, 9.17) is 5.73 Å². The molecule has 0 aliphatic heterocycles. The SMILES string of the molecule is CC(C)(C)c1ccc(C(F)(F)F)c(N)n1. The average molecular weight is 218 g/mol. The fourth-order valence-corrected chi connectivity index (χ4v) is 1.13. The van der Waals surface area contributed by atoms with Crippen LogP contribution in [0.2, 0.25) is 0 Å². The molecule has 84 valence electrons. The molecule has 2 N–H and O–H groups in total. The van der Waals surface area contributed by atoms with Crippen LogP contribution >= 0.6 is 0 Å². The van der Waals surface area contributed by atoms with Crippen molar-refractivity contribution in [3.8, 4) is 0 Å². The highest BCUT2D eigenvalue weighted by Gasteiger charge is 2.34. The summed E-state index contributed by atoms with van der Waals surface area (Å²) in [6, 6.07) is 2.34. The van der Waals surface area contributed by atoms with E-state index in [0.717, 1.165) is 6.07 Å². The number of aromatic nitrogens is 1. The Labute approximate surface area is 86.3 Å². The Balaban J connectivity index is 3.21. The van der Waals surface area contributed by atoms with Crippen LogP contribution < -0.4 is 5.73 Å². The molecule has 0 aromatic carbocycles. The number of hydrogen-bond acceptors (Lipinski definition) is 2. The minimum absolute atomic E-state index is 0.307. The molecule has 1 aromatic rings. The first-order valence-corrected chi connectivity index (χ1v) is 4.46. The molecule has 0 fully saturated rings. The van der Waals surface area contributed by atoms with E-state index in [0.29, 0.717) is 5.69 Å². The molecule has 15 heavy (non-hydrogen) atoms. The Hall–Kier alpha value is -1.26. The van der Waals surface area contributed by atoms with E-state index in [1.165, 1.54) is 6.07 Å². The van der Waals surface area contributed by atoms with Crippen LogP contribution in [0.3, 0.4) is 0 Å². The van der Waals surface area contributed by atoms with Crippen molar-refractivity contribution in [1.82, 2.24) is 4.98 Å². The van der Waals surface area contributed by atoms with Gasteiger partial charge in [0, 0.05) is 11.1 Å². The normalized spacial score (nSPS) is 12.9. The van der Waals surface area contributed by atoms with Crippen molar-refractivity contribution >= 4 is 5.82 Å². The summed E-state index contributed by atoms with van der Waals surface area (Å²) < 4.78 is 37.1. The van der Waals surface area contributed by atoms with Gasteiger partial charge in [-0.3, -0.25) is 0 Å². The number of nitrogens with two attached hydrogens (primary N) is 1. The van der Waals surface area contributed by atoms with Gasteiger partial charge in [0.15, 0.2) is 0 Å². The first-order valence-electron chi connectivity index (χ1n) is 4.46. The van der Waals surface area contributed by atoms with Crippen molar-refractivity contribution in [2.75, 3.05) is 5.73 Å². The van der Waals surface area contributed by atoms with E-state index in [9.17, 15) is 13.2 Å². The van der Waals surface area contributed by atoms with Gasteiger partial charge in [0.05, 0.1) is 5.56 Å². The van der Waals surface area contributed by atoms with Gasteiger partial charge >= 0.3 is 6.18 Å². The maximum Gasteiger partial charge on any atom is 0.419 e. The molecule has 1 rings (SSSR count). The molecule has 2 nitrogen and oxygen atoms in total. The van der Waals surface area contributed by atoms with E-state index >= 15 is 0 Å². The molecule has 0 saturated carbocycles. The molecule has 0 unspecified atom stereocenters. The second-order valence-electron chi connectivity index (χ2n) is 4.38. The lowest BCUT2D eigenvalue weighted by atomic mass is 9.91. The highest BCUT2D eigenvalue weighted by molar-refractivity contribution is 5.43. The predicted octanol–water partition coefficient (Wildman–Crippen LogP) is 2.98. The van der Waals surface area contributed by atoms with Crippen LogP contribution in [-0.2, 0) is 11.6 Å². The average Bonchev–Trinajstić information content (AvgIpc) is 1.99. The number of pyridine rings is 1. The third-order valence-corrected chi connectivity index (χ3v) is 2.00. The standard InChI is InChI=1S/C10H13F3N2/c1-9(2,3)7-5-4-6(8(14)15-7)10(11,12)13/h4-5H,1-3H3,(H2,14,15). The molecular weight excluding hydrogens is 205 g/mol. The summed E-state index contributed by atoms with van der Waals surface area (Å²) in [6.07, 6.45) is -4.44. The predicted molar refractivity (Wildman–Crippen MR) is 52.4 cm³/mol. The molecule has 1 aromatic heterocycles. The highest BCUT2D eigenvalue weighted by atomic mass is 19.4. The molecule has 0 spiro atoms. The monoisotopic (exact) mass is 218 g/mol. The fraction of sp³-hybridized carbons (Fsp3) is 0.500. The fourth-order valence-electron chi connectivity index (χ4n) is 1.13. The lowest BCUT2D eigenvalue weighted by molar-refractivity contribution is -0.137. The molecular formula is C10H13F3N2. The lowest BCUT2D eigenvalue weighted by Crippen LogP contribution is -2.17. The van der Waals surface area contributed by atoms with Gasteiger partial charge in [-0.25, -0.2) is 4.98 Å². The van der Waals surface area contributed by atoms with Crippen LogP contribution in [0.4, 0.5) is 19.0 Å². The lowest BCUT2D eigenvalue weighted by Gasteiger charge is -2.19. The summed E-state index contributed by atoms with van der Waals surface area (Å²) in [5.74, 6) is -0.463. The van der Waals surface area contributed by atoms with Crippen molar-refractivity contribution in [3.05, 3.63) is 23.4 Å². The smallest absolute Gasteiger partial charge is 0.383 e. The van der Waals surface area contributed by atoms with E-state index in [-0.39, 0.29) is 5.41 Å². The summed E-state index contributed by atoms with van der Waals surface area (Å²) in [4.78, 5) is 3.77. The number of nitrogens with zero attached hydrogens (tertiary/aromatic N) is 1. The van der Waals surface area contributed by atoms with Gasteiger partial charge in [-0.1, -0.05) is 20.8 Å². The Morgan fingerprint density at radius 1 is 1.13 bits per heavy atom. The zero-order chi connectivity index (χ0) is 11.9. The van der Waals surface area contributed by atoms with Gasteiger partial charge in [0.1, 0.15) is 5.82 Å². The van der Waals surface area contributed by atoms with Crippen LogP contribution in [-0.4, -0.2) is 4.98 Å². The third kappa shape index (κ3) is 2.61. The Bertz CT molecular complexity index is 364. The van der Waals surface area contributed by atoms with Crippen LogP contribution in [0.5, 0.6) is 0 Å². The maximum absolute atomic E-state index is 12.4. The van der Waals surface area contributed by atoms with Crippen LogP contribution in [0.25, 0.3) is 0 Å². The van der Waals surface area contributed by atoms with E-state index in [1.807, 2.05) is 20.8 Å². The van der Waals surface area contributed by atoms with Gasteiger partial charge in [-0.2, -0.15) is 13.2 Å². The van der Waals surface area contributed by atoms with Gasteiger partial charge in [-0.05, 0) is 12.1 Å². The molecule has 0 amide bonds. The zero-order valence-corrected chi connectivity index (χ0v) is 8.81. The zero-order valence-electron chi connectivity index (χ0n) is 8.81. The molecule has 5 heteroatoms. The number of nitrogen functional groups attached to an aromatic ring is 1. The number of halogens is 3. The van der Waals surface area contributed by atoms with Crippen molar-refractivity contribution in [2.45, 2.75) is 32.4 Å². The molecule has 0 atom stereocenters. The minimum Gasteiger partial charge on any atom is -0.383 e. The van der Waals surface area contributed by atoms with E-state index in [2.05, 4.69) is 4.98 Å². The van der Waals surface area contributed by atoms with Gasteiger partial charge < -0.3 is 5.73 Å². The number of rotatable bonds is 0. The van der Waals surface area contributed by atoms with Crippen molar-refractivity contribution in [3.63, 3.8) is 0 Å². The second kappa shape index (κ2) is 3.40. The first kappa shape index (κ1) is 11.8. The molecule has 1 heterocycles. The highest BCUT2D eigenvalue weighted by Crippen LogP contribution is 2.33. The Kier molecular flexibility index (Phi) is 2.67. The van der Waals surface area contributed by atoms with Crippen molar-refractivity contribution in [1.29, 1.82) is 0 Å². The summed E-state index contributed by atoms with van der Waals surface area (Å²) in [6.45, 7) is 5.59. The minimum atomic E-state index is -4.44. The summed E-state index contributed by atoms with van der Waals surface area (Å²) in [5, 5.41) is 0. The first-order chi connectivity index (χ1) is 6.62. The molecule has 0 aliphatic rings. The summed E-state index contributed by atoms with van der Waals surface area (Å²) in [5.41, 5.74) is 4.64. The number of alkyl halides is 3. The van der Waals surface area contributed by atoms with Gasteiger partial charge in [0.2, 0.25) is 0 Å². The second-order valence-corrected chi connectivity index (χ2v) is 4.38. The van der Waals surface area contributed by atoms with E-state index in [1.54, 1.807) is 0 Å². The molecule has 0 bridgehead atoms. The maximum atomic E-state index is 12.4. The van der Waals surface area contributed by atoms with E-state index < -0.39 is 17.6 Å². The van der Waals surface area contributed by atoms with Crippen LogP contribution in [0, 0.1) is 0 Å². The van der Waals surface area contributed by atoms with Crippen LogP contribution in [0.15, 0.2) is 12.1 Å². The van der Waals surface area contributed by atoms with Crippen LogP contribution in [0.1, 0.15) is 32.0 Å². The topological polar surface area (TPSA) is 38.9 Å². The summed E-state index contributed by atoms with van der Waals surface area (Å²) in [7, 11) is 0. The quantitative estimate of drug-likeness (QED) is 0.727. The molecule has 0 saturated heterocycles. The largest absolute Gasteiger partial charge is 0.419 e. The Morgan fingerprint density at radius 3 is 2.00 bits per heavy atom. The number of hydrogen-bond donors (Lipinski definition) is 1. The van der Waals surface area contributed by atoms with Crippen molar-refractivity contribution in [2.24, 2.45) is 0 Å². The molecule has 0 aliphatic carbocycles. The van der Waals surface area contributed by atoms with Gasteiger partial charge in [0.25, 0.3) is 0 Å². The number of anilines is 1.